The van der Waals surface area contributed by atoms with Crippen molar-refractivity contribution in [2.24, 2.45) is 0 Å². The quantitative estimate of drug-likeness (QED) is 0.848. The van der Waals surface area contributed by atoms with Gasteiger partial charge in [-0.2, -0.15) is 5.26 Å². The van der Waals surface area contributed by atoms with Crippen LogP contribution in [0.2, 0.25) is 0 Å². The van der Waals surface area contributed by atoms with Gasteiger partial charge in [-0.15, -0.1) is 11.3 Å². The van der Waals surface area contributed by atoms with Crippen molar-refractivity contribution in [2.75, 3.05) is 0 Å². The van der Waals surface area contributed by atoms with Crippen LogP contribution in [0.4, 0.5) is 0 Å². The zero-order valence-electron chi connectivity index (χ0n) is 13.1. The first-order valence-corrected chi connectivity index (χ1v) is 9.26. The molecule has 0 aliphatic rings. The SMILES string of the molecule is CC(C)(C)c1cc(C=C(C#N)S(=O)(=O)c2cccs2)ccc1O. The Kier molecular flexibility index (Phi) is 4.64. The summed E-state index contributed by atoms with van der Waals surface area (Å²) in [7, 11) is -3.81. The Morgan fingerprint density at radius 2 is 2.00 bits per heavy atom. The zero-order chi connectivity index (χ0) is 17.3. The lowest BCUT2D eigenvalue weighted by Crippen LogP contribution is -2.11. The minimum atomic E-state index is -3.81. The molecule has 0 saturated carbocycles. The van der Waals surface area contributed by atoms with Gasteiger partial charge in [0.1, 0.15) is 16.0 Å². The summed E-state index contributed by atoms with van der Waals surface area (Å²) in [5.74, 6) is 0.147. The van der Waals surface area contributed by atoms with Gasteiger partial charge in [0, 0.05) is 0 Å². The van der Waals surface area contributed by atoms with E-state index in [0.717, 1.165) is 11.3 Å². The highest BCUT2D eigenvalue weighted by Gasteiger charge is 2.23. The van der Waals surface area contributed by atoms with Crippen LogP contribution in [0.3, 0.4) is 0 Å². The van der Waals surface area contributed by atoms with E-state index in [9.17, 15) is 18.8 Å². The van der Waals surface area contributed by atoms with Crippen molar-refractivity contribution >= 4 is 27.3 Å². The fraction of sp³-hybridized carbons (Fsp3) is 0.235. The molecule has 0 bridgehead atoms. The third kappa shape index (κ3) is 3.63. The van der Waals surface area contributed by atoms with E-state index in [-0.39, 0.29) is 20.3 Å². The minimum absolute atomic E-state index is 0.139. The van der Waals surface area contributed by atoms with Crippen molar-refractivity contribution in [3.8, 4) is 11.8 Å². The maximum atomic E-state index is 12.4. The number of rotatable bonds is 3. The Bertz CT molecular complexity index is 881. The maximum absolute atomic E-state index is 12.4. The number of allylic oxidation sites excluding steroid dienone is 1. The molecule has 0 spiro atoms. The van der Waals surface area contributed by atoms with Gasteiger partial charge in [-0.3, -0.25) is 0 Å². The molecule has 1 N–H and O–H groups in total. The molecule has 6 heteroatoms. The van der Waals surface area contributed by atoms with Gasteiger partial charge in [0.2, 0.25) is 9.84 Å². The van der Waals surface area contributed by atoms with Crippen molar-refractivity contribution in [3.05, 3.63) is 51.7 Å². The highest BCUT2D eigenvalue weighted by Crippen LogP contribution is 2.32. The minimum Gasteiger partial charge on any atom is -0.508 e. The Labute approximate surface area is 140 Å². The molecule has 1 aromatic heterocycles. The standard InChI is InChI=1S/C17H17NO3S2/c1-17(2,3)14-10-12(6-7-15(14)19)9-13(11-18)23(20,21)16-5-4-8-22-16/h4-10,19H,1-3H3. The molecule has 0 aliphatic heterocycles. The summed E-state index contributed by atoms with van der Waals surface area (Å²) in [6, 6.07) is 9.68. The van der Waals surface area contributed by atoms with Crippen LogP contribution in [-0.4, -0.2) is 13.5 Å². The summed E-state index contributed by atoms with van der Waals surface area (Å²) in [6.45, 7) is 5.84. The van der Waals surface area contributed by atoms with Crippen LogP contribution in [0, 0.1) is 11.3 Å². The van der Waals surface area contributed by atoms with Crippen LogP contribution in [0.25, 0.3) is 6.08 Å². The number of nitrogens with zero attached hydrogens (tertiary/aromatic N) is 1. The number of thiophene rings is 1. The first kappa shape index (κ1) is 17.3. The molecular formula is C17H17NO3S2. The monoisotopic (exact) mass is 347 g/mol. The molecular weight excluding hydrogens is 330 g/mol. The first-order valence-electron chi connectivity index (χ1n) is 6.90. The van der Waals surface area contributed by atoms with Crippen molar-refractivity contribution in [1.82, 2.24) is 0 Å². The second kappa shape index (κ2) is 6.19. The van der Waals surface area contributed by atoms with Crippen LogP contribution in [0.15, 0.2) is 44.8 Å². The van der Waals surface area contributed by atoms with E-state index in [1.165, 1.54) is 18.2 Å². The molecule has 2 aromatic rings. The summed E-state index contributed by atoms with van der Waals surface area (Å²) in [6.07, 6.45) is 1.34. The fourth-order valence-corrected chi connectivity index (χ4v) is 4.37. The van der Waals surface area contributed by atoms with Crippen LogP contribution in [-0.2, 0) is 15.3 Å². The lowest BCUT2D eigenvalue weighted by Gasteiger charge is -2.20. The largest absolute Gasteiger partial charge is 0.508 e. The molecule has 4 nitrogen and oxygen atoms in total. The lowest BCUT2D eigenvalue weighted by molar-refractivity contribution is 0.446. The molecule has 0 unspecified atom stereocenters. The molecule has 0 fully saturated rings. The van der Waals surface area contributed by atoms with Gasteiger partial charge >= 0.3 is 0 Å². The average Bonchev–Trinajstić information content (AvgIpc) is 2.99. The fourth-order valence-electron chi connectivity index (χ4n) is 2.09. The van der Waals surface area contributed by atoms with Crippen molar-refractivity contribution < 1.29 is 13.5 Å². The second-order valence-electron chi connectivity index (χ2n) is 6.08. The smallest absolute Gasteiger partial charge is 0.226 e. The number of hydrogen-bond acceptors (Lipinski definition) is 5. The van der Waals surface area contributed by atoms with Gasteiger partial charge in [-0.1, -0.05) is 32.9 Å². The van der Waals surface area contributed by atoms with Gasteiger partial charge in [0.25, 0.3) is 0 Å². The Hall–Kier alpha value is -2.10. The Balaban J connectivity index is 2.55. The molecule has 0 atom stereocenters. The molecule has 23 heavy (non-hydrogen) atoms. The summed E-state index contributed by atoms with van der Waals surface area (Å²) >= 11 is 1.07. The van der Waals surface area contributed by atoms with Crippen molar-refractivity contribution in [3.63, 3.8) is 0 Å². The summed E-state index contributed by atoms with van der Waals surface area (Å²) in [5, 5.41) is 20.9. The van der Waals surface area contributed by atoms with Crippen LogP contribution >= 0.6 is 11.3 Å². The molecule has 0 aliphatic carbocycles. The van der Waals surface area contributed by atoms with Crippen molar-refractivity contribution in [1.29, 1.82) is 5.26 Å². The average molecular weight is 347 g/mol. The third-order valence-corrected chi connectivity index (χ3v) is 6.35. The highest BCUT2D eigenvalue weighted by atomic mass is 32.2. The number of nitriles is 1. The molecule has 1 heterocycles. The zero-order valence-corrected chi connectivity index (χ0v) is 14.7. The number of benzene rings is 1. The van der Waals surface area contributed by atoms with Gasteiger partial charge in [-0.25, -0.2) is 8.42 Å². The van der Waals surface area contributed by atoms with Gasteiger partial charge in [0.15, 0.2) is 4.91 Å². The number of phenols is 1. The predicted octanol–water partition coefficient (Wildman–Crippen LogP) is 4.09. The summed E-state index contributed by atoms with van der Waals surface area (Å²) in [5.41, 5.74) is 0.953. The summed E-state index contributed by atoms with van der Waals surface area (Å²) in [4.78, 5) is -0.314. The second-order valence-corrected chi connectivity index (χ2v) is 9.18. The van der Waals surface area contributed by atoms with Crippen molar-refractivity contribution in [2.45, 2.75) is 30.4 Å². The van der Waals surface area contributed by atoms with E-state index < -0.39 is 9.84 Å². The number of aromatic hydroxyl groups is 1. The number of sulfone groups is 1. The molecule has 120 valence electrons. The van der Waals surface area contributed by atoms with Crippen LogP contribution in [0.1, 0.15) is 31.9 Å². The molecule has 0 amide bonds. The number of phenolic OH excluding ortho intramolecular Hbond substituents is 1. The molecule has 1 aromatic carbocycles. The maximum Gasteiger partial charge on any atom is 0.226 e. The van der Waals surface area contributed by atoms with Gasteiger partial charge in [0.05, 0.1) is 0 Å². The molecule has 2 rings (SSSR count). The van der Waals surface area contributed by atoms with Crippen LogP contribution in [0.5, 0.6) is 5.75 Å². The van der Waals surface area contributed by atoms with E-state index in [1.54, 1.807) is 29.6 Å². The summed E-state index contributed by atoms with van der Waals surface area (Å²) < 4.78 is 25.0. The lowest BCUT2D eigenvalue weighted by atomic mass is 9.85. The molecule has 0 radical (unpaired) electrons. The Morgan fingerprint density at radius 3 is 2.52 bits per heavy atom. The van der Waals surface area contributed by atoms with E-state index in [1.807, 2.05) is 20.8 Å². The normalized spacial score (nSPS) is 12.9. The predicted molar refractivity (Wildman–Crippen MR) is 91.9 cm³/mol. The van der Waals surface area contributed by atoms with E-state index in [0.29, 0.717) is 11.1 Å². The van der Waals surface area contributed by atoms with Gasteiger partial charge in [-0.05, 0) is 46.2 Å². The van der Waals surface area contributed by atoms with E-state index in [2.05, 4.69) is 0 Å². The number of hydrogen-bond donors (Lipinski definition) is 1. The topological polar surface area (TPSA) is 78.2 Å². The van der Waals surface area contributed by atoms with E-state index in [4.69, 9.17) is 0 Å². The Morgan fingerprint density at radius 1 is 1.30 bits per heavy atom. The van der Waals surface area contributed by atoms with Gasteiger partial charge < -0.3 is 5.11 Å². The van der Waals surface area contributed by atoms with Crippen LogP contribution < -0.4 is 0 Å². The first-order chi connectivity index (χ1) is 10.7. The third-order valence-electron chi connectivity index (χ3n) is 3.29. The molecule has 0 saturated heterocycles. The van der Waals surface area contributed by atoms with E-state index >= 15 is 0 Å². The highest BCUT2D eigenvalue weighted by molar-refractivity contribution is 7.97.